The summed E-state index contributed by atoms with van der Waals surface area (Å²) in [5.74, 6) is -0.865. The Morgan fingerprint density at radius 3 is 2.71 bits per heavy atom. The smallest absolute Gasteiger partial charge is 0.321 e. The number of carboxylic acids is 1. The zero-order chi connectivity index (χ0) is 12.3. The molecule has 1 aromatic rings. The minimum Gasteiger partial charge on any atom is -0.480 e. The van der Waals surface area contributed by atoms with Crippen LogP contribution in [-0.4, -0.2) is 34.3 Å². The normalized spacial score (nSPS) is 21.4. The minimum atomic E-state index is -0.908. The molecule has 1 heterocycles. The van der Waals surface area contributed by atoms with E-state index in [1.807, 2.05) is 35.2 Å². The standard InChI is InChI=1S/C13H15NO3/c15-11-6-7-14(12(8-11)13(16)17)9-10-4-2-1-3-5-10/h1-5,12H,6-9H2,(H,16,17)/t12-/m1/s1. The Morgan fingerprint density at radius 1 is 1.35 bits per heavy atom. The summed E-state index contributed by atoms with van der Waals surface area (Å²) in [6, 6.07) is 9.06. The maximum Gasteiger partial charge on any atom is 0.321 e. The van der Waals surface area contributed by atoms with Crippen molar-refractivity contribution in [1.29, 1.82) is 0 Å². The van der Waals surface area contributed by atoms with E-state index in [1.54, 1.807) is 0 Å². The first-order valence-electron chi connectivity index (χ1n) is 5.69. The van der Waals surface area contributed by atoms with Crippen LogP contribution in [0.1, 0.15) is 18.4 Å². The molecule has 2 rings (SSSR count). The lowest BCUT2D eigenvalue weighted by Gasteiger charge is -2.32. The van der Waals surface area contributed by atoms with Crippen LogP contribution in [0.2, 0.25) is 0 Å². The minimum absolute atomic E-state index is 0.0433. The Morgan fingerprint density at radius 2 is 2.06 bits per heavy atom. The number of aliphatic carboxylic acids is 1. The van der Waals surface area contributed by atoms with Crippen molar-refractivity contribution < 1.29 is 14.7 Å². The average Bonchev–Trinajstić information content (AvgIpc) is 2.32. The molecule has 1 aliphatic heterocycles. The van der Waals surface area contributed by atoms with E-state index in [9.17, 15) is 9.59 Å². The summed E-state index contributed by atoms with van der Waals surface area (Å²) in [7, 11) is 0. The van der Waals surface area contributed by atoms with E-state index in [1.165, 1.54) is 0 Å². The van der Waals surface area contributed by atoms with Crippen LogP contribution in [0.4, 0.5) is 0 Å². The fourth-order valence-corrected chi connectivity index (χ4v) is 2.12. The predicted molar refractivity (Wildman–Crippen MR) is 62.5 cm³/mol. The van der Waals surface area contributed by atoms with Crippen molar-refractivity contribution in [1.82, 2.24) is 4.90 Å². The molecule has 0 saturated carbocycles. The number of hydrogen-bond acceptors (Lipinski definition) is 3. The van der Waals surface area contributed by atoms with E-state index in [0.717, 1.165) is 5.56 Å². The molecule has 0 aliphatic carbocycles. The van der Waals surface area contributed by atoms with Gasteiger partial charge in [0.25, 0.3) is 0 Å². The summed E-state index contributed by atoms with van der Waals surface area (Å²) in [5.41, 5.74) is 1.08. The number of benzene rings is 1. The highest BCUT2D eigenvalue weighted by atomic mass is 16.4. The summed E-state index contributed by atoms with van der Waals surface area (Å²) in [4.78, 5) is 24.3. The van der Waals surface area contributed by atoms with Crippen LogP contribution in [0.15, 0.2) is 30.3 Å². The number of ketones is 1. The number of carboxylic acid groups (broad SMARTS) is 1. The Kier molecular flexibility index (Phi) is 3.54. The van der Waals surface area contributed by atoms with Crippen LogP contribution in [-0.2, 0) is 16.1 Å². The molecular weight excluding hydrogens is 218 g/mol. The molecule has 0 radical (unpaired) electrons. The lowest BCUT2D eigenvalue weighted by atomic mass is 10.00. The van der Waals surface area contributed by atoms with E-state index in [-0.39, 0.29) is 12.2 Å². The highest BCUT2D eigenvalue weighted by Crippen LogP contribution is 2.17. The molecule has 0 aromatic heterocycles. The van der Waals surface area contributed by atoms with Crippen LogP contribution >= 0.6 is 0 Å². The van der Waals surface area contributed by atoms with Crippen molar-refractivity contribution in [2.45, 2.75) is 25.4 Å². The van der Waals surface area contributed by atoms with Crippen molar-refractivity contribution >= 4 is 11.8 Å². The molecule has 1 N–H and O–H groups in total. The first-order chi connectivity index (χ1) is 8.16. The van der Waals surface area contributed by atoms with Crippen molar-refractivity contribution in [2.24, 2.45) is 0 Å². The summed E-state index contributed by atoms with van der Waals surface area (Å²) < 4.78 is 0. The molecule has 1 atom stereocenters. The van der Waals surface area contributed by atoms with E-state index >= 15 is 0 Å². The molecule has 1 aromatic carbocycles. The molecule has 0 bridgehead atoms. The number of likely N-dealkylation sites (tertiary alicyclic amines) is 1. The van der Waals surface area contributed by atoms with Gasteiger partial charge >= 0.3 is 5.97 Å². The second-order valence-electron chi connectivity index (χ2n) is 4.30. The van der Waals surface area contributed by atoms with Gasteiger partial charge in [-0.3, -0.25) is 14.5 Å². The largest absolute Gasteiger partial charge is 0.480 e. The zero-order valence-corrected chi connectivity index (χ0v) is 9.50. The molecule has 4 heteroatoms. The maximum absolute atomic E-state index is 11.3. The number of piperidine rings is 1. The predicted octanol–water partition coefficient (Wildman–Crippen LogP) is 1.30. The molecule has 1 saturated heterocycles. The highest BCUT2D eigenvalue weighted by Gasteiger charge is 2.32. The summed E-state index contributed by atoms with van der Waals surface area (Å²) in [5, 5.41) is 9.11. The number of hydrogen-bond donors (Lipinski definition) is 1. The first-order valence-corrected chi connectivity index (χ1v) is 5.69. The first kappa shape index (κ1) is 11.8. The Balaban J connectivity index is 2.08. The van der Waals surface area contributed by atoms with Crippen LogP contribution in [0.3, 0.4) is 0 Å². The van der Waals surface area contributed by atoms with Gasteiger partial charge in [0, 0.05) is 25.9 Å². The van der Waals surface area contributed by atoms with E-state index in [2.05, 4.69) is 0 Å². The van der Waals surface area contributed by atoms with Crippen LogP contribution in [0.5, 0.6) is 0 Å². The SMILES string of the molecule is O=C1CCN(Cc2ccccc2)[C@@H](C(=O)O)C1. The molecule has 90 valence electrons. The van der Waals surface area contributed by atoms with Gasteiger partial charge in [-0.2, -0.15) is 0 Å². The summed E-state index contributed by atoms with van der Waals surface area (Å²) >= 11 is 0. The van der Waals surface area contributed by atoms with E-state index < -0.39 is 12.0 Å². The molecular formula is C13H15NO3. The quantitative estimate of drug-likeness (QED) is 0.855. The van der Waals surface area contributed by atoms with Gasteiger partial charge in [-0.25, -0.2) is 0 Å². The molecule has 17 heavy (non-hydrogen) atoms. The van der Waals surface area contributed by atoms with Crippen molar-refractivity contribution in [3.05, 3.63) is 35.9 Å². The lowest BCUT2D eigenvalue weighted by Crippen LogP contribution is -2.46. The molecule has 0 amide bonds. The molecule has 4 nitrogen and oxygen atoms in total. The zero-order valence-electron chi connectivity index (χ0n) is 9.50. The third-order valence-corrected chi connectivity index (χ3v) is 3.05. The molecule has 0 spiro atoms. The Hall–Kier alpha value is -1.68. The van der Waals surface area contributed by atoms with Crippen molar-refractivity contribution in [2.75, 3.05) is 6.54 Å². The van der Waals surface area contributed by atoms with E-state index in [4.69, 9.17) is 5.11 Å². The number of rotatable bonds is 3. The number of carbonyl (C=O) groups is 2. The summed E-state index contributed by atoms with van der Waals surface area (Å²) in [6.45, 7) is 1.12. The maximum atomic E-state index is 11.3. The summed E-state index contributed by atoms with van der Waals surface area (Å²) in [6.07, 6.45) is 0.582. The van der Waals surface area contributed by atoms with Crippen LogP contribution in [0.25, 0.3) is 0 Å². The second kappa shape index (κ2) is 5.10. The van der Waals surface area contributed by atoms with Crippen LogP contribution < -0.4 is 0 Å². The van der Waals surface area contributed by atoms with Crippen LogP contribution in [0, 0.1) is 0 Å². The van der Waals surface area contributed by atoms with E-state index in [0.29, 0.717) is 19.5 Å². The van der Waals surface area contributed by atoms with Gasteiger partial charge in [0.2, 0.25) is 0 Å². The van der Waals surface area contributed by atoms with Gasteiger partial charge < -0.3 is 5.11 Å². The molecule has 0 unspecified atom stereocenters. The molecule has 1 aliphatic rings. The van der Waals surface area contributed by atoms with Gasteiger partial charge in [-0.15, -0.1) is 0 Å². The van der Waals surface area contributed by atoms with Gasteiger partial charge in [-0.05, 0) is 5.56 Å². The van der Waals surface area contributed by atoms with Gasteiger partial charge in [0.1, 0.15) is 11.8 Å². The fourth-order valence-electron chi connectivity index (χ4n) is 2.12. The van der Waals surface area contributed by atoms with Crippen molar-refractivity contribution in [3.8, 4) is 0 Å². The Labute approximate surface area is 99.9 Å². The van der Waals surface area contributed by atoms with Gasteiger partial charge in [-0.1, -0.05) is 30.3 Å². The third kappa shape index (κ3) is 2.91. The second-order valence-corrected chi connectivity index (χ2v) is 4.30. The fraction of sp³-hybridized carbons (Fsp3) is 0.385. The lowest BCUT2D eigenvalue weighted by molar-refractivity contribution is -0.147. The van der Waals surface area contributed by atoms with Gasteiger partial charge in [0.05, 0.1) is 0 Å². The van der Waals surface area contributed by atoms with Gasteiger partial charge in [0.15, 0.2) is 0 Å². The number of nitrogens with zero attached hydrogens (tertiary/aromatic N) is 1. The monoisotopic (exact) mass is 233 g/mol. The Bertz CT molecular complexity index is 416. The topological polar surface area (TPSA) is 57.6 Å². The van der Waals surface area contributed by atoms with Crippen molar-refractivity contribution in [3.63, 3.8) is 0 Å². The number of Topliss-reactive ketones (excluding diaryl/α,β-unsaturated/α-hetero) is 1. The highest BCUT2D eigenvalue weighted by molar-refractivity contribution is 5.87. The molecule has 1 fully saturated rings. The average molecular weight is 233 g/mol. The third-order valence-electron chi connectivity index (χ3n) is 3.05. The number of carbonyl (C=O) groups excluding carboxylic acids is 1.